The van der Waals surface area contributed by atoms with Gasteiger partial charge in [-0.3, -0.25) is 9.80 Å². The second-order valence-corrected chi connectivity index (χ2v) is 8.78. The fraction of sp³-hybridized carbons (Fsp3) is 0.619. The van der Waals surface area contributed by atoms with E-state index >= 15 is 0 Å². The molecule has 32 heavy (non-hydrogen) atoms. The van der Waals surface area contributed by atoms with E-state index < -0.39 is 17.7 Å². The van der Waals surface area contributed by atoms with Gasteiger partial charge in [0.25, 0.3) is 0 Å². The Bertz CT molecular complexity index is 952. The summed E-state index contributed by atoms with van der Waals surface area (Å²) >= 11 is 6.27. The summed E-state index contributed by atoms with van der Waals surface area (Å²) in [7, 11) is 0. The average molecular weight is 468 g/mol. The zero-order valence-electron chi connectivity index (χ0n) is 19.0. The molecule has 0 saturated carbocycles. The number of ether oxygens (including phenoxy) is 3. The summed E-state index contributed by atoms with van der Waals surface area (Å²) in [5.74, 6) is -0.189. The van der Waals surface area contributed by atoms with Crippen LogP contribution < -0.4 is 4.90 Å². The van der Waals surface area contributed by atoms with Crippen molar-refractivity contribution in [2.24, 2.45) is 0 Å². The SMILES string of the molecule is CCOC(=O)c1cnn2c(N(CCCN3CCOCC3)C(=O)OC(C)(C)C)cc(Cl)nc12. The number of hydrogen-bond acceptors (Lipinski definition) is 8. The van der Waals surface area contributed by atoms with Gasteiger partial charge in [0.05, 0.1) is 26.0 Å². The van der Waals surface area contributed by atoms with Crippen LogP contribution in [0.3, 0.4) is 0 Å². The summed E-state index contributed by atoms with van der Waals surface area (Å²) < 4.78 is 17.5. The van der Waals surface area contributed by atoms with Crippen LogP contribution in [0.1, 0.15) is 44.5 Å². The van der Waals surface area contributed by atoms with Gasteiger partial charge in [0.1, 0.15) is 22.1 Å². The molecule has 0 aliphatic carbocycles. The van der Waals surface area contributed by atoms with Crippen molar-refractivity contribution in [3.8, 4) is 0 Å². The van der Waals surface area contributed by atoms with Gasteiger partial charge in [-0.2, -0.15) is 9.61 Å². The Morgan fingerprint density at radius 1 is 1.28 bits per heavy atom. The maximum Gasteiger partial charge on any atom is 0.416 e. The second kappa shape index (κ2) is 10.5. The minimum atomic E-state index is -0.685. The number of carbonyl (C=O) groups is 2. The molecule has 0 spiro atoms. The molecule has 11 heteroatoms. The van der Waals surface area contributed by atoms with Crippen molar-refractivity contribution in [2.75, 3.05) is 50.9 Å². The average Bonchev–Trinajstić information content (AvgIpc) is 3.14. The number of rotatable bonds is 7. The third-order valence-electron chi connectivity index (χ3n) is 4.77. The number of morpholine rings is 1. The molecule has 0 atom stereocenters. The van der Waals surface area contributed by atoms with E-state index in [1.165, 1.54) is 21.7 Å². The Morgan fingerprint density at radius 2 is 2.00 bits per heavy atom. The van der Waals surface area contributed by atoms with Crippen molar-refractivity contribution in [3.63, 3.8) is 0 Å². The maximum atomic E-state index is 13.1. The predicted molar refractivity (Wildman–Crippen MR) is 119 cm³/mol. The van der Waals surface area contributed by atoms with E-state index in [1.807, 2.05) is 0 Å². The first kappa shape index (κ1) is 24.2. The topological polar surface area (TPSA) is 98.5 Å². The first-order chi connectivity index (χ1) is 15.2. The van der Waals surface area contributed by atoms with Gasteiger partial charge < -0.3 is 14.2 Å². The van der Waals surface area contributed by atoms with Crippen LogP contribution in [0, 0.1) is 0 Å². The van der Waals surface area contributed by atoms with Gasteiger partial charge in [-0.1, -0.05) is 11.6 Å². The Kier molecular flexibility index (Phi) is 7.91. The van der Waals surface area contributed by atoms with Crippen molar-refractivity contribution in [2.45, 2.75) is 39.7 Å². The molecule has 1 aliphatic heterocycles. The lowest BCUT2D eigenvalue weighted by Gasteiger charge is -2.30. The molecule has 0 bridgehead atoms. The quantitative estimate of drug-likeness (QED) is 0.452. The normalized spacial score (nSPS) is 15.0. The van der Waals surface area contributed by atoms with Gasteiger partial charge in [-0.15, -0.1) is 0 Å². The molecular formula is C21H30ClN5O5. The van der Waals surface area contributed by atoms with Crippen LogP contribution >= 0.6 is 11.6 Å². The second-order valence-electron chi connectivity index (χ2n) is 8.39. The van der Waals surface area contributed by atoms with Crippen LogP contribution in [0.4, 0.5) is 10.6 Å². The highest BCUT2D eigenvalue weighted by atomic mass is 35.5. The summed E-state index contributed by atoms with van der Waals surface area (Å²) in [6.07, 6.45) is 1.53. The highest BCUT2D eigenvalue weighted by Crippen LogP contribution is 2.25. The van der Waals surface area contributed by atoms with E-state index in [2.05, 4.69) is 15.0 Å². The summed E-state index contributed by atoms with van der Waals surface area (Å²) in [4.78, 5) is 33.4. The zero-order valence-corrected chi connectivity index (χ0v) is 19.7. The van der Waals surface area contributed by atoms with Crippen LogP contribution in [0.15, 0.2) is 12.3 Å². The van der Waals surface area contributed by atoms with Crippen molar-refractivity contribution >= 4 is 35.1 Å². The number of amides is 1. The number of carbonyl (C=O) groups excluding carboxylic acids is 2. The fourth-order valence-corrected chi connectivity index (χ4v) is 3.53. The molecule has 1 saturated heterocycles. The lowest BCUT2D eigenvalue weighted by molar-refractivity contribution is 0.0371. The molecule has 1 fully saturated rings. The van der Waals surface area contributed by atoms with Gasteiger partial charge in [0, 0.05) is 32.2 Å². The first-order valence-electron chi connectivity index (χ1n) is 10.7. The van der Waals surface area contributed by atoms with E-state index in [0.717, 1.165) is 19.6 Å². The third-order valence-corrected chi connectivity index (χ3v) is 4.96. The molecule has 3 rings (SSSR count). The number of nitrogens with zero attached hydrogens (tertiary/aromatic N) is 5. The van der Waals surface area contributed by atoms with Gasteiger partial charge in [-0.05, 0) is 34.1 Å². The lowest BCUT2D eigenvalue weighted by atomic mass is 10.2. The maximum absolute atomic E-state index is 13.1. The number of halogens is 1. The third kappa shape index (κ3) is 6.08. The standard InChI is InChI=1S/C21H30ClN5O5/c1-5-31-19(28)15-14-23-27-17(13-16(22)24-18(15)27)26(20(29)32-21(2,3)4)8-6-7-25-9-11-30-12-10-25/h13-14H,5-12H2,1-4H3. The van der Waals surface area contributed by atoms with E-state index in [1.54, 1.807) is 27.7 Å². The van der Waals surface area contributed by atoms with E-state index in [-0.39, 0.29) is 23.0 Å². The Balaban J connectivity index is 1.91. The number of esters is 1. The highest BCUT2D eigenvalue weighted by molar-refractivity contribution is 6.30. The van der Waals surface area contributed by atoms with Crippen LogP contribution in [0.2, 0.25) is 5.15 Å². The van der Waals surface area contributed by atoms with Crippen molar-refractivity contribution in [3.05, 3.63) is 23.0 Å². The Morgan fingerprint density at radius 3 is 2.66 bits per heavy atom. The molecular weight excluding hydrogens is 438 g/mol. The number of hydrogen-bond donors (Lipinski definition) is 0. The monoisotopic (exact) mass is 467 g/mol. The van der Waals surface area contributed by atoms with Crippen LogP contribution in [0.5, 0.6) is 0 Å². The van der Waals surface area contributed by atoms with Crippen LogP contribution in [-0.4, -0.2) is 83.2 Å². The van der Waals surface area contributed by atoms with Gasteiger partial charge in [-0.25, -0.2) is 14.6 Å². The molecule has 1 aliphatic rings. The number of aromatic nitrogens is 3. The molecule has 0 unspecified atom stereocenters. The minimum Gasteiger partial charge on any atom is -0.462 e. The molecule has 176 valence electrons. The first-order valence-corrected chi connectivity index (χ1v) is 11.1. The number of anilines is 1. The van der Waals surface area contributed by atoms with E-state index in [0.29, 0.717) is 32.0 Å². The summed E-state index contributed by atoms with van der Waals surface area (Å²) in [5, 5.41) is 4.40. The molecule has 1 amide bonds. The van der Waals surface area contributed by atoms with Crippen LogP contribution in [0.25, 0.3) is 5.65 Å². The Labute approximate surface area is 192 Å². The van der Waals surface area contributed by atoms with E-state index in [9.17, 15) is 9.59 Å². The molecule has 3 heterocycles. The van der Waals surface area contributed by atoms with Crippen molar-refractivity contribution in [1.29, 1.82) is 0 Å². The highest BCUT2D eigenvalue weighted by Gasteiger charge is 2.28. The molecule has 0 radical (unpaired) electrons. The lowest BCUT2D eigenvalue weighted by Crippen LogP contribution is -2.41. The summed E-state index contributed by atoms with van der Waals surface area (Å²) in [6.45, 7) is 11.7. The molecule has 0 N–H and O–H groups in total. The van der Waals surface area contributed by atoms with Crippen molar-refractivity contribution in [1.82, 2.24) is 19.5 Å². The minimum absolute atomic E-state index is 0.125. The van der Waals surface area contributed by atoms with Gasteiger partial charge in [0.15, 0.2) is 5.65 Å². The molecule has 2 aromatic heterocycles. The largest absolute Gasteiger partial charge is 0.462 e. The summed E-state index contributed by atoms with van der Waals surface area (Å²) in [6, 6.07) is 1.54. The fourth-order valence-electron chi connectivity index (χ4n) is 3.36. The zero-order chi connectivity index (χ0) is 23.3. The smallest absolute Gasteiger partial charge is 0.416 e. The van der Waals surface area contributed by atoms with Crippen molar-refractivity contribution < 1.29 is 23.8 Å². The van der Waals surface area contributed by atoms with Crippen LogP contribution in [-0.2, 0) is 14.2 Å². The van der Waals surface area contributed by atoms with Gasteiger partial charge >= 0.3 is 12.1 Å². The number of fused-ring (bicyclic) bond motifs is 1. The van der Waals surface area contributed by atoms with Gasteiger partial charge in [0.2, 0.25) is 0 Å². The molecule has 10 nitrogen and oxygen atoms in total. The molecule has 2 aromatic rings. The van der Waals surface area contributed by atoms with E-state index in [4.69, 9.17) is 25.8 Å². The Hall–Kier alpha value is -2.43. The predicted octanol–water partition coefficient (Wildman–Crippen LogP) is 3.02. The summed E-state index contributed by atoms with van der Waals surface area (Å²) in [5.41, 5.74) is -0.295. The molecule has 0 aromatic carbocycles.